The van der Waals surface area contributed by atoms with Crippen molar-refractivity contribution in [1.29, 1.82) is 0 Å². The summed E-state index contributed by atoms with van der Waals surface area (Å²) in [4.78, 5) is 25.4. The second kappa shape index (κ2) is 4.57. The second-order valence-corrected chi connectivity index (χ2v) is 2.88. The zero-order chi connectivity index (χ0) is 10.6. The number of pyridine rings is 1. The van der Waals surface area contributed by atoms with E-state index < -0.39 is 11.8 Å². The quantitative estimate of drug-likeness (QED) is 0.691. The summed E-state index contributed by atoms with van der Waals surface area (Å²) in [5, 5.41) is 2.51. The number of carbonyl (C=O) groups excluding carboxylic acids is 2. The van der Waals surface area contributed by atoms with Gasteiger partial charge in [0, 0.05) is 0 Å². The number of amides is 2. The third-order valence-electron chi connectivity index (χ3n) is 1.37. The maximum Gasteiger partial charge on any atom is 0.270 e. The molecule has 0 unspecified atom stereocenters. The topological polar surface area (TPSA) is 85.1 Å². The van der Waals surface area contributed by atoms with Crippen molar-refractivity contribution in [3.8, 4) is 0 Å². The number of hydrogen-bond acceptors (Lipinski definition) is 3. The van der Waals surface area contributed by atoms with E-state index in [1.165, 1.54) is 6.07 Å². The number of aromatic nitrogens is 1. The molecule has 0 aliphatic carbocycles. The molecule has 0 saturated carbocycles. The van der Waals surface area contributed by atoms with Gasteiger partial charge in [-0.1, -0.05) is 17.7 Å². The molecule has 1 aromatic heterocycles. The molecule has 74 valence electrons. The van der Waals surface area contributed by atoms with Crippen LogP contribution in [0, 0.1) is 0 Å². The molecule has 1 rings (SSSR count). The first-order valence-corrected chi connectivity index (χ1v) is 4.16. The van der Waals surface area contributed by atoms with Crippen LogP contribution < -0.4 is 11.1 Å². The summed E-state index contributed by atoms with van der Waals surface area (Å²) in [5.41, 5.74) is 5.00. The summed E-state index contributed by atoms with van der Waals surface area (Å²) in [6, 6.07) is 4.63. The average Bonchev–Trinajstić information content (AvgIpc) is 2.14. The largest absolute Gasteiger partial charge is 0.368 e. The molecule has 6 heteroatoms. The normalized spacial score (nSPS) is 9.50. The van der Waals surface area contributed by atoms with E-state index in [-0.39, 0.29) is 17.4 Å². The van der Waals surface area contributed by atoms with Gasteiger partial charge in [0.1, 0.15) is 10.8 Å². The molecule has 14 heavy (non-hydrogen) atoms. The van der Waals surface area contributed by atoms with Crippen molar-refractivity contribution in [3.63, 3.8) is 0 Å². The van der Waals surface area contributed by atoms with Crippen molar-refractivity contribution < 1.29 is 9.59 Å². The Morgan fingerprint density at radius 2 is 2.21 bits per heavy atom. The fourth-order valence-corrected chi connectivity index (χ4v) is 0.956. The molecular weight excluding hydrogens is 206 g/mol. The molecule has 1 heterocycles. The van der Waals surface area contributed by atoms with E-state index in [4.69, 9.17) is 17.3 Å². The molecule has 0 bridgehead atoms. The number of halogens is 1. The average molecular weight is 214 g/mol. The highest BCUT2D eigenvalue weighted by Crippen LogP contribution is 2.04. The van der Waals surface area contributed by atoms with E-state index in [1.54, 1.807) is 12.1 Å². The van der Waals surface area contributed by atoms with Crippen molar-refractivity contribution in [2.45, 2.75) is 0 Å². The van der Waals surface area contributed by atoms with Crippen LogP contribution in [-0.4, -0.2) is 23.3 Å². The number of primary amides is 1. The number of carbonyl (C=O) groups is 2. The molecule has 0 saturated heterocycles. The number of hydrogen-bond donors (Lipinski definition) is 2. The lowest BCUT2D eigenvalue weighted by Gasteiger charge is -2.01. The van der Waals surface area contributed by atoms with E-state index in [0.29, 0.717) is 0 Å². The van der Waals surface area contributed by atoms with Crippen molar-refractivity contribution in [3.05, 3.63) is 29.0 Å². The van der Waals surface area contributed by atoms with E-state index in [0.717, 1.165) is 0 Å². The van der Waals surface area contributed by atoms with Crippen LogP contribution in [0.5, 0.6) is 0 Å². The first-order chi connectivity index (χ1) is 6.59. The minimum absolute atomic E-state index is 0.152. The van der Waals surface area contributed by atoms with Gasteiger partial charge in [0.15, 0.2) is 0 Å². The van der Waals surface area contributed by atoms with Gasteiger partial charge in [-0.3, -0.25) is 9.59 Å². The Balaban J connectivity index is 2.65. The predicted molar refractivity (Wildman–Crippen MR) is 50.8 cm³/mol. The molecule has 0 atom stereocenters. The van der Waals surface area contributed by atoms with Crippen LogP contribution in [0.1, 0.15) is 10.5 Å². The monoisotopic (exact) mass is 213 g/mol. The van der Waals surface area contributed by atoms with Gasteiger partial charge in [-0.2, -0.15) is 0 Å². The second-order valence-electron chi connectivity index (χ2n) is 2.49. The molecular formula is C8H8ClN3O2. The first kappa shape index (κ1) is 10.5. The van der Waals surface area contributed by atoms with Crippen LogP contribution in [-0.2, 0) is 4.79 Å². The van der Waals surface area contributed by atoms with E-state index >= 15 is 0 Å². The van der Waals surface area contributed by atoms with E-state index in [1.807, 2.05) is 0 Å². The third-order valence-corrected chi connectivity index (χ3v) is 1.58. The number of rotatable bonds is 3. The highest BCUT2D eigenvalue weighted by molar-refractivity contribution is 6.29. The summed E-state index contributed by atoms with van der Waals surface area (Å²) in [6.45, 7) is -0.215. The van der Waals surface area contributed by atoms with Gasteiger partial charge < -0.3 is 11.1 Å². The summed E-state index contributed by atoms with van der Waals surface area (Å²) in [5.74, 6) is -1.09. The molecule has 0 fully saturated rings. The fourth-order valence-electron chi connectivity index (χ4n) is 0.793. The lowest BCUT2D eigenvalue weighted by molar-refractivity contribution is -0.117. The van der Waals surface area contributed by atoms with Crippen molar-refractivity contribution in [2.24, 2.45) is 5.73 Å². The molecule has 3 N–H and O–H groups in total. The minimum Gasteiger partial charge on any atom is -0.368 e. The molecule has 5 nitrogen and oxygen atoms in total. The van der Waals surface area contributed by atoms with E-state index in [2.05, 4.69) is 10.3 Å². The summed E-state index contributed by atoms with van der Waals surface area (Å²) < 4.78 is 0. The van der Waals surface area contributed by atoms with Crippen LogP contribution in [0.3, 0.4) is 0 Å². The maximum absolute atomic E-state index is 11.3. The van der Waals surface area contributed by atoms with Crippen LogP contribution in [0.4, 0.5) is 0 Å². The van der Waals surface area contributed by atoms with Gasteiger partial charge >= 0.3 is 0 Å². The Hall–Kier alpha value is -1.62. The number of nitrogens with one attached hydrogen (secondary N) is 1. The van der Waals surface area contributed by atoms with Gasteiger partial charge in [0.05, 0.1) is 6.54 Å². The summed E-state index contributed by atoms with van der Waals surface area (Å²) in [6.07, 6.45) is 0. The summed E-state index contributed by atoms with van der Waals surface area (Å²) in [7, 11) is 0. The van der Waals surface area contributed by atoms with Crippen LogP contribution in [0.2, 0.25) is 5.15 Å². The van der Waals surface area contributed by atoms with Crippen molar-refractivity contribution in [1.82, 2.24) is 10.3 Å². The molecule has 0 radical (unpaired) electrons. The molecule has 2 amide bonds. The standard InChI is InChI=1S/C8H8ClN3O2/c9-6-3-1-2-5(12-6)8(14)11-4-7(10)13/h1-3H,4H2,(H2,10,13)(H,11,14). The predicted octanol–water partition coefficient (Wildman–Crippen LogP) is -0.0499. The van der Waals surface area contributed by atoms with Crippen molar-refractivity contribution >= 4 is 23.4 Å². The fraction of sp³-hybridized carbons (Fsp3) is 0.125. The Morgan fingerprint density at radius 3 is 2.79 bits per heavy atom. The zero-order valence-corrected chi connectivity index (χ0v) is 7.91. The SMILES string of the molecule is NC(=O)CNC(=O)c1cccc(Cl)n1. The highest BCUT2D eigenvalue weighted by Gasteiger charge is 2.07. The van der Waals surface area contributed by atoms with Gasteiger partial charge in [0.2, 0.25) is 5.91 Å². The Labute approximate surface area is 85.3 Å². The Bertz CT molecular complexity index is 367. The van der Waals surface area contributed by atoms with E-state index in [9.17, 15) is 9.59 Å². The first-order valence-electron chi connectivity index (χ1n) is 3.78. The number of nitrogens with zero attached hydrogens (tertiary/aromatic N) is 1. The van der Waals surface area contributed by atoms with Crippen molar-refractivity contribution in [2.75, 3.05) is 6.54 Å². The molecule has 0 aromatic carbocycles. The molecule has 1 aromatic rings. The van der Waals surface area contributed by atoms with Crippen LogP contribution in [0.15, 0.2) is 18.2 Å². The maximum atomic E-state index is 11.3. The molecule has 0 aliphatic heterocycles. The molecule has 0 spiro atoms. The lowest BCUT2D eigenvalue weighted by Crippen LogP contribution is -2.33. The Kier molecular flexibility index (Phi) is 3.41. The third kappa shape index (κ3) is 3.02. The zero-order valence-electron chi connectivity index (χ0n) is 7.16. The highest BCUT2D eigenvalue weighted by atomic mass is 35.5. The van der Waals surface area contributed by atoms with Crippen LogP contribution in [0.25, 0.3) is 0 Å². The lowest BCUT2D eigenvalue weighted by atomic mass is 10.3. The Morgan fingerprint density at radius 1 is 1.50 bits per heavy atom. The minimum atomic E-state index is -0.611. The van der Waals surface area contributed by atoms with Gasteiger partial charge in [-0.15, -0.1) is 0 Å². The number of nitrogens with two attached hydrogens (primary N) is 1. The van der Waals surface area contributed by atoms with Gasteiger partial charge in [-0.25, -0.2) is 4.98 Å². The van der Waals surface area contributed by atoms with Gasteiger partial charge in [-0.05, 0) is 12.1 Å². The summed E-state index contributed by atoms with van der Waals surface area (Å²) >= 11 is 5.57. The molecule has 0 aliphatic rings. The van der Waals surface area contributed by atoms with Gasteiger partial charge in [0.25, 0.3) is 5.91 Å². The smallest absolute Gasteiger partial charge is 0.270 e. The van der Waals surface area contributed by atoms with Crippen LogP contribution >= 0.6 is 11.6 Å².